The third kappa shape index (κ3) is 24.6. The topological polar surface area (TPSA) is 378 Å². The standard InChI is InChI=1S/C31H37Cl2N3O6.C30H35Cl2N3O6.C27H30Cl2N2O6.CH3BOP.CH4/c1-30(2)21(12-13-31(30,3)29(40)36-14-16-42-17-15-36)26(37)35-24(28(39)41-4)18-19-8-10-20(11-9-19)34-27(38)25-22(32)6-5-7-23(25)33;1-29(2)20(11-12-30(29,3)28(40)35-13-15-41-16-14-35)25(36)34-23(27(38)39)17-18-7-9-19(10-8-18)33-26(37)24-21(31)5-4-6-22(24)32;1-26(2)17(12-13-27(26,3)25(35)36)22(32)31-20(24(34)37-4)14-15-8-10-16(11-9-15)30-23(33)21-18(28)6-5-7-19(21)29;1-4(2)3;/h5-11,21,24H,12-18H2,1-4H3,(H,34,38)(H,35,37);4-10,20,23H,11-17H2,1-3H3,(H,33,37)(H,34,36)(H,38,39);5-11,17,20H,12-14H2,1-4H3,(H,30,33)(H,31,32)(H,35,36);1H3;1H4/q;;;+1;/t21-,24+,31+;20-,23+,30+;17-,20+,27+;;/m111../s1. The maximum Gasteiger partial charge on any atom is 0.502 e. The van der Waals surface area contributed by atoms with Crippen molar-refractivity contribution in [2.24, 2.45) is 50.2 Å². The molecule has 6 aromatic rings. The Hall–Kier alpha value is -9.22. The molecule has 3 aliphatic carbocycles. The van der Waals surface area contributed by atoms with Gasteiger partial charge in [0.05, 0.1) is 104 Å². The Morgan fingerprint density at radius 1 is 0.432 bits per heavy atom. The van der Waals surface area contributed by atoms with Gasteiger partial charge in [-0.05, 0) is 151 Å². The van der Waals surface area contributed by atoms with Crippen LogP contribution in [0.15, 0.2) is 127 Å². The van der Waals surface area contributed by atoms with Gasteiger partial charge in [-0.15, -0.1) is 4.57 Å². The van der Waals surface area contributed by atoms with Crippen molar-refractivity contribution < 1.29 is 91.3 Å². The first-order valence-corrected chi connectivity index (χ1v) is 44.3. The molecule has 6 aromatic carbocycles. The molecule has 0 bridgehead atoms. The molecule has 2 radical (unpaired) electrons. The van der Waals surface area contributed by atoms with Crippen molar-refractivity contribution in [3.8, 4) is 0 Å². The van der Waals surface area contributed by atoms with E-state index in [1.807, 2.05) is 46.4 Å². The van der Waals surface area contributed by atoms with Gasteiger partial charge in [0.1, 0.15) is 24.8 Å². The van der Waals surface area contributed by atoms with Crippen molar-refractivity contribution in [3.05, 3.63) is 191 Å². The Bertz CT molecular complexity index is 4900. The Morgan fingerprint density at radius 3 is 0.912 bits per heavy atom. The number of rotatable bonds is 24. The van der Waals surface area contributed by atoms with Crippen LogP contribution < -0.4 is 31.9 Å². The first-order valence-electron chi connectivity index (χ1n) is 40.2. The van der Waals surface area contributed by atoms with Gasteiger partial charge >= 0.3 is 31.4 Å². The van der Waals surface area contributed by atoms with Crippen LogP contribution in [0, 0.1) is 50.2 Å². The molecule has 0 aromatic heterocycles. The number of nitrogens with one attached hydrogen (secondary N) is 6. The third-order valence-corrected chi connectivity index (χ3v) is 27.3. The SMILES string of the molecule is C.CC1(C)[C@@H](C(=O)N[C@@H](Cc2ccc(NC(=O)c3c(Cl)cccc3Cl)cc2)C(=O)O)CC[C@@]1(C)C(=O)N1CCOCC1.COC(=O)[C@H](Cc1ccc(NC(=O)c2c(Cl)cccc2Cl)cc1)NC(=O)[C@H]1CC[C@@](C)(C(=O)N2CCOCC2)C1(C)C.COC(=O)[C@H](Cc1ccc(NC(=O)c2c(Cl)cccc2Cl)cc1)NC(=O)[C@H]1CC[C@@](C)(C(=O)O)C1(C)C.[B][P+](C)=O. The molecule has 125 heavy (non-hydrogen) atoms. The molecule has 3 saturated carbocycles. The summed E-state index contributed by atoms with van der Waals surface area (Å²) < 4.78 is 30.0. The number of carbonyl (C=O) groups is 12. The zero-order valence-electron chi connectivity index (χ0n) is 71.1. The van der Waals surface area contributed by atoms with Crippen molar-refractivity contribution in [1.29, 1.82) is 0 Å². The van der Waals surface area contributed by atoms with E-state index in [0.717, 1.165) is 5.56 Å². The molecule has 8 amide bonds. The summed E-state index contributed by atoms with van der Waals surface area (Å²) in [4.78, 5) is 158. The maximum absolute atomic E-state index is 13.6. The number of nitrogens with zero attached hydrogens (tertiary/aromatic N) is 2. The Labute approximate surface area is 761 Å². The number of ether oxygens (including phenoxy) is 4. The lowest BCUT2D eigenvalue weighted by atomic mass is 9.64. The minimum Gasteiger partial charge on any atom is -0.481 e. The molecular weight excluding hydrogens is 1750 g/mol. The summed E-state index contributed by atoms with van der Waals surface area (Å²) >= 11 is 36.7. The van der Waals surface area contributed by atoms with Crippen molar-refractivity contribution in [3.63, 3.8) is 0 Å². The molecule has 11 rings (SSSR count). The summed E-state index contributed by atoms with van der Waals surface area (Å²) in [6.07, 6.45) is 3.27. The number of carboxylic acids is 2. The van der Waals surface area contributed by atoms with Crippen LogP contribution in [0.5, 0.6) is 0 Å². The van der Waals surface area contributed by atoms with E-state index in [-0.39, 0.29) is 103 Å². The molecule has 27 nitrogen and oxygen atoms in total. The van der Waals surface area contributed by atoms with Gasteiger partial charge in [0.15, 0.2) is 0 Å². The fraction of sp³-hybridized carbons (Fsp3) is 0.467. The number of halogens is 6. The van der Waals surface area contributed by atoms with Crippen LogP contribution in [-0.2, 0) is 85.9 Å². The molecule has 2 saturated heterocycles. The van der Waals surface area contributed by atoms with Gasteiger partial charge in [0.2, 0.25) is 29.5 Å². The van der Waals surface area contributed by atoms with Crippen LogP contribution in [0.3, 0.4) is 0 Å². The lowest BCUT2D eigenvalue weighted by molar-refractivity contribution is -0.156. The smallest absolute Gasteiger partial charge is 0.481 e. The van der Waals surface area contributed by atoms with Crippen LogP contribution in [0.1, 0.15) is 156 Å². The van der Waals surface area contributed by atoms with Crippen molar-refractivity contribution in [1.82, 2.24) is 25.8 Å². The van der Waals surface area contributed by atoms with Gasteiger partial charge in [-0.2, -0.15) is 0 Å². The lowest BCUT2D eigenvalue weighted by Gasteiger charge is -2.43. The van der Waals surface area contributed by atoms with Crippen LogP contribution >= 0.6 is 77.3 Å². The largest absolute Gasteiger partial charge is 0.502 e. The van der Waals surface area contributed by atoms with Crippen molar-refractivity contribution in [2.45, 2.75) is 146 Å². The van der Waals surface area contributed by atoms with Crippen LogP contribution in [-0.4, -0.2) is 190 Å². The second kappa shape index (κ2) is 44.5. The van der Waals surface area contributed by atoms with E-state index in [1.54, 1.807) is 153 Å². The summed E-state index contributed by atoms with van der Waals surface area (Å²) in [7, 11) is 5.76. The minimum absolute atomic E-state index is 0. The van der Waals surface area contributed by atoms with Crippen LogP contribution in [0.2, 0.25) is 30.1 Å². The second-order valence-corrected chi connectivity index (χ2v) is 37.1. The summed E-state index contributed by atoms with van der Waals surface area (Å²) in [6, 6.07) is 31.6. The first-order chi connectivity index (χ1) is 58.3. The van der Waals surface area contributed by atoms with Crippen LogP contribution in [0.4, 0.5) is 17.1 Å². The highest BCUT2D eigenvalue weighted by Crippen LogP contribution is 2.59. The number of benzene rings is 6. The molecule has 2 aliphatic heterocycles. The normalized spacial score (nSPS) is 21.5. The fourth-order valence-corrected chi connectivity index (χ4v) is 18.3. The summed E-state index contributed by atoms with van der Waals surface area (Å²) in [5.74, 6) is -7.21. The molecule has 1 unspecified atom stereocenters. The van der Waals surface area contributed by atoms with E-state index in [9.17, 15) is 72.3 Å². The number of aliphatic carboxylic acids is 2. The van der Waals surface area contributed by atoms with E-state index < -0.39 is 118 Å². The molecular formula is C90H109BCl6N8O19P+. The number of methoxy groups -OCH3 is 2. The minimum atomic E-state index is -1.37. The molecule has 0 spiro atoms. The molecule has 35 heteroatoms. The van der Waals surface area contributed by atoms with E-state index in [1.165, 1.54) is 20.9 Å². The van der Waals surface area contributed by atoms with Gasteiger partial charge in [0.25, 0.3) is 25.4 Å². The Morgan fingerprint density at radius 2 is 0.672 bits per heavy atom. The molecule has 672 valence electrons. The number of anilines is 3. The van der Waals surface area contributed by atoms with E-state index >= 15 is 0 Å². The molecule has 5 aliphatic rings. The predicted molar refractivity (Wildman–Crippen MR) is 483 cm³/mol. The lowest BCUT2D eigenvalue weighted by Crippen LogP contribution is -2.54. The Kier molecular flexibility index (Phi) is 36.6. The first kappa shape index (κ1) is 103. The zero-order valence-corrected chi connectivity index (χ0v) is 76.6. The Balaban J connectivity index is 0.000000251. The monoisotopic (exact) mass is 1860 g/mol. The number of carboxylic acid groups (broad SMARTS) is 2. The highest BCUT2D eigenvalue weighted by atomic mass is 35.5. The molecule has 10 atom stereocenters. The van der Waals surface area contributed by atoms with E-state index in [0.29, 0.717) is 119 Å². The average Bonchev–Trinajstić information content (AvgIpc) is 1.58. The predicted octanol–water partition coefficient (Wildman–Crippen LogP) is 15.5. The molecule has 2 heterocycles. The highest BCUT2D eigenvalue weighted by Gasteiger charge is 2.62. The summed E-state index contributed by atoms with van der Waals surface area (Å²) in [5.41, 5.74) is -0.564. The fourth-order valence-electron chi connectivity index (χ4n) is 16.5. The number of hydrogen-bond donors (Lipinski definition) is 8. The maximum atomic E-state index is 13.6. The van der Waals surface area contributed by atoms with Gasteiger partial charge in [-0.3, -0.25) is 43.2 Å². The number of morpholine rings is 2. The number of carbonyl (C=O) groups excluding carboxylic acids is 10. The van der Waals surface area contributed by atoms with E-state index in [4.69, 9.17) is 88.6 Å². The van der Waals surface area contributed by atoms with Crippen molar-refractivity contribution in [2.75, 3.05) is 89.4 Å². The highest BCUT2D eigenvalue weighted by molar-refractivity contribution is 7.71. The number of hydrogen-bond acceptors (Lipinski definition) is 17. The molecule has 5 fully saturated rings. The molecule has 8 N–H and O–H groups in total. The second-order valence-electron chi connectivity index (χ2n) is 33.5. The van der Waals surface area contributed by atoms with Crippen molar-refractivity contribution >= 4 is 173 Å². The van der Waals surface area contributed by atoms with Gasteiger partial charge in [-0.1, -0.05) is 187 Å². The van der Waals surface area contributed by atoms with Gasteiger partial charge in [-0.25, -0.2) is 14.4 Å². The number of amides is 8. The zero-order chi connectivity index (χ0) is 91.7. The van der Waals surface area contributed by atoms with E-state index in [2.05, 4.69) is 39.5 Å². The van der Waals surface area contributed by atoms with Gasteiger partial charge in [0, 0.05) is 80.3 Å². The third-order valence-electron chi connectivity index (χ3n) is 25.4. The number of esters is 2. The summed E-state index contributed by atoms with van der Waals surface area (Å²) in [6.45, 7) is 22.4. The average molecular weight is 1860 g/mol. The van der Waals surface area contributed by atoms with Crippen LogP contribution in [0.25, 0.3) is 0 Å². The quantitative estimate of drug-likeness (QED) is 0.0158. The summed E-state index contributed by atoms with van der Waals surface area (Å²) in [5, 5.41) is 37.6. The van der Waals surface area contributed by atoms with Gasteiger partial charge < -0.3 is 70.9 Å².